The molecular weight excluding hydrogens is 542 g/mol. The van der Waals surface area contributed by atoms with E-state index in [0.717, 1.165) is 48.7 Å². The summed E-state index contributed by atoms with van der Waals surface area (Å²) in [7, 11) is 0. The second-order valence-corrected chi connectivity index (χ2v) is 10.7. The summed E-state index contributed by atoms with van der Waals surface area (Å²) in [4.78, 5) is 19.0. The molecule has 0 aliphatic carbocycles. The number of rotatable bonds is 7. The van der Waals surface area contributed by atoms with E-state index in [9.17, 15) is 31.1 Å². The zero-order chi connectivity index (χ0) is 28.2. The van der Waals surface area contributed by atoms with Gasteiger partial charge in [-0.2, -0.15) is 26.3 Å². The zero-order valence-corrected chi connectivity index (χ0v) is 22.4. The number of piperazine rings is 1. The molecule has 0 unspecified atom stereocenters. The number of anilines is 2. The molecule has 2 aliphatic heterocycles. The van der Waals surface area contributed by atoms with Gasteiger partial charge in [0.05, 0.1) is 11.1 Å². The van der Waals surface area contributed by atoms with Crippen LogP contribution in [-0.4, -0.2) is 73.8 Å². The summed E-state index contributed by atoms with van der Waals surface area (Å²) in [6.07, 6.45) is -5.46. The van der Waals surface area contributed by atoms with Crippen LogP contribution in [0.15, 0.2) is 47.4 Å². The van der Waals surface area contributed by atoms with Crippen molar-refractivity contribution in [3.8, 4) is 0 Å². The van der Waals surface area contributed by atoms with Gasteiger partial charge in [-0.3, -0.25) is 9.69 Å². The third kappa shape index (κ3) is 7.75. The van der Waals surface area contributed by atoms with E-state index in [1.807, 2.05) is 9.80 Å². The lowest BCUT2D eigenvalue weighted by molar-refractivity contribution is -0.140. The molecule has 0 aromatic heterocycles. The molecule has 2 heterocycles. The largest absolute Gasteiger partial charge is 0.417 e. The van der Waals surface area contributed by atoms with E-state index in [1.165, 1.54) is 18.2 Å². The first-order valence-corrected chi connectivity index (χ1v) is 14.1. The predicted molar refractivity (Wildman–Crippen MR) is 141 cm³/mol. The molecule has 1 N–H and O–H groups in total. The number of piperidine rings is 1. The van der Waals surface area contributed by atoms with Crippen LogP contribution in [0, 0.1) is 0 Å². The lowest BCUT2D eigenvalue weighted by Crippen LogP contribution is -2.48. The van der Waals surface area contributed by atoms with Crippen molar-refractivity contribution >= 4 is 29.0 Å². The molecule has 12 heteroatoms. The lowest BCUT2D eigenvalue weighted by Gasteiger charge is -2.37. The van der Waals surface area contributed by atoms with Crippen molar-refractivity contribution in [3.05, 3.63) is 53.6 Å². The fourth-order valence-electron chi connectivity index (χ4n) is 5.03. The van der Waals surface area contributed by atoms with Crippen LogP contribution in [0.4, 0.5) is 37.7 Å². The first-order chi connectivity index (χ1) is 18.4. The predicted octanol–water partition coefficient (Wildman–Crippen LogP) is 6.06. The molecule has 39 heavy (non-hydrogen) atoms. The van der Waals surface area contributed by atoms with Gasteiger partial charge in [0.25, 0.3) is 0 Å². The highest BCUT2D eigenvalue weighted by Gasteiger charge is 2.34. The summed E-state index contributed by atoms with van der Waals surface area (Å²) < 4.78 is 78.5. The molecule has 0 radical (unpaired) electrons. The van der Waals surface area contributed by atoms with Gasteiger partial charge in [-0.25, -0.2) is 0 Å². The molecule has 2 aromatic carbocycles. The van der Waals surface area contributed by atoms with Crippen LogP contribution >= 0.6 is 11.8 Å². The second-order valence-electron chi connectivity index (χ2n) is 9.84. The number of halogens is 6. The summed E-state index contributed by atoms with van der Waals surface area (Å²) in [6, 6.07) is 9.48. The Balaban J connectivity index is 1.18. The number of thioether (sulfide) groups is 1. The molecular formula is C27H32F6N4OS. The quantitative estimate of drug-likeness (QED) is 0.322. The van der Waals surface area contributed by atoms with Crippen molar-refractivity contribution < 1.29 is 31.1 Å². The van der Waals surface area contributed by atoms with E-state index >= 15 is 0 Å². The number of likely N-dealkylation sites (tertiary alicyclic amines) is 1. The number of nitrogens with one attached hydrogen (secondary N) is 1. The molecule has 1 amide bonds. The Hall–Kier alpha value is -2.60. The van der Waals surface area contributed by atoms with Gasteiger partial charge < -0.3 is 15.1 Å². The smallest absolute Gasteiger partial charge is 0.382 e. The van der Waals surface area contributed by atoms with Crippen molar-refractivity contribution in [2.75, 3.05) is 62.3 Å². The fraction of sp³-hybridized carbons (Fsp3) is 0.519. The molecule has 0 saturated carbocycles. The summed E-state index contributed by atoms with van der Waals surface area (Å²) >= 11 is 1.06. The van der Waals surface area contributed by atoms with Crippen LogP contribution in [0.2, 0.25) is 0 Å². The van der Waals surface area contributed by atoms with Gasteiger partial charge in [-0.05, 0) is 61.6 Å². The Labute approximate surface area is 228 Å². The number of carbonyl (C=O) groups is 1. The molecule has 2 fully saturated rings. The number of carbonyl (C=O) groups excluding carboxylic acids is 1. The van der Waals surface area contributed by atoms with Gasteiger partial charge in [-0.1, -0.05) is 0 Å². The van der Waals surface area contributed by atoms with Crippen molar-refractivity contribution in [1.82, 2.24) is 9.80 Å². The molecule has 5 nitrogen and oxygen atoms in total. The lowest BCUT2D eigenvalue weighted by atomic mass is 10.0. The Bertz CT molecular complexity index is 1110. The Morgan fingerprint density at radius 3 is 2.10 bits per heavy atom. The highest BCUT2D eigenvalue weighted by Crippen LogP contribution is 2.38. The van der Waals surface area contributed by atoms with Gasteiger partial charge >= 0.3 is 12.4 Å². The number of nitrogens with zero attached hydrogens (tertiary/aromatic N) is 3. The van der Waals surface area contributed by atoms with Crippen LogP contribution in [0.25, 0.3) is 0 Å². The molecule has 214 valence electrons. The summed E-state index contributed by atoms with van der Waals surface area (Å²) in [5.74, 6) is 0.0577. The van der Waals surface area contributed by atoms with E-state index in [1.54, 1.807) is 12.3 Å². The molecule has 0 atom stereocenters. The fourth-order valence-corrected chi connectivity index (χ4v) is 5.63. The molecule has 0 bridgehead atoms. The first-order valence-electron chi connectivity index (χ1n) is 12.9. The molecule has 2 aliphatic rings. The second kappa shape index (κ2) is 12.3. The average Bonchev–Trinajstić information content (AvgIpc) is 2.91. The van der Waals surface area contributed by atoms with E-state index in [-0.39, 0.29) is 16.8 Å². The summed E-state index contributed by atoms with van der Waals surface area (Å²) in [5.41, 5.74) is -0.123. The summed E-state index contributed by atoms with van der Waals surface area (Å²) in [5, 5.41) is 3.20. The summed E-state index contributed by atoms with van der Waals surface area (Å²) in [6.45, 7) is 4.49. The van der Waals surface area contributed by atoms with Crippen molar-refractivity contribution in [2.24, 2.45) is 0 Å². The van der Waals surface area contributed by atoms with E-state index in [0.29, 0.717) is 57.7 Å². The van der Waals surface area contributed by atoms with Crippen LogP contribution < -0.4 is 10.2 Å². The van der Waals surface area contributed by atoms with Gasteiger partial charge in [0.15, 0.2) is 0 Å². The SMILES string of the molecule is CSc1ccc(NC2CCN(C(=O)CCN3CCN(c4ccc(C(F)(F)F)cc4)CC3)CC2)cc1C(F)(F)F. The van der Waals surface area contributed by atoms with E-state index in [4.69, 9.17) is 0 Å². The zero-order valence-electron chi connectivity index (χ0n) is 21.6. The van der Waals surface area contributed by atoms with E-state index < -0.39 is 23.5 Å². The Morgan fingerprint density at radius 2 is 1.54 bits per heavy atom. The standard InChI is InChI=1S/C27H32F6N4OS/c1-39-24-7-4-21(18-23(24)27(31,32)33)34-20-8-12-37(13-9-20)25(38)10-11-35-14-16-36(17-15-35)22-5-2-19(3-6-22)26(28,29)30/h2-7,18,20,34H,8-17H2,1H3. The third-order valence-corrected chi connectivity index (χ3v) is 8.09. The average molecular weight is 575 g/mol. The van der Waals surface area contributed by atoms with Crippen molar-refractivity contribution in [3.63, 3.8) is 0 Å². The maximum Gasteiger partial charge on any atom is 0.417 e. The number of hydrogen-bond acceptors (Lipinski definition) is 5. The van der Waals surface area contributed by atoms with Crippen LogP contribution in [0.3, 0.4) is 0 Å². The molecule has 2 saturated heterocycles. The van der Waals surface area contributed by atoms with Gasteiger partial charge in [-0.15, -0.1) is 11.8 Å². The minimum absolute atomic E-state index is 0.00598. The molecule has 4 rings (SSSR count). The normalized spacial score (nSPS) is 17.9. The van der Waals surface area contributed by atoms with Gasteiger partial charge in [0.1, 0.15) is 0 Å². The van der Waals surface area contributed by atoms with Crippen LogP contribution in [0.1, 0.15) is 30.4 Å². The number of hydrogen-bond donors (Lipinski definition) is 1. The van der Waals surface area contributed by atoms with E-state index in [2.05, 4.69) is 10.2 Å². The maximum atomic E-state index is 13.4. The first kappa shape index (κ1) is 29.4. The van der Waals surface area contributed by atoms with Crippen molar-refractivity contribution in [1.29, 1.82) is 0 Å². The highest BCUT2D eigenvalue weighted by molar-refractivity contribution is 7.98. The maximum absolute atomic E-state index is 13.4. The third-order valence-electron chi connectivity index (χ3n) is 7.30. The minimum atomic E-state index is -4.42. The number of alkyl halides is 6. The Kier molecular flexibility index (Phi) is 9.25. The highest BCUT2D eigenvalue weighted by atomic mass is 32.2. The van der Waals surface area contributed by atoms with Gasteiger partial charge in [0, 0.05) is 74.5 Å². The number of amides is 1. The van der Waals surface area contributed by atoms with Gasteiger partial charge in [0.2, 0.25) is 5.91 Å². The van der Waals surface area contributed by atoms with Crippen molar-refractivity contribution in [2.45, 2.75) is 42.6 Å². The van der Waals surface area contributed by atoms with Crippen LogP contribution in [0.5, 0.6) is 0 Å². The number of benzene rings is 2. The monoisotopic (exact) mass is 574 g/mol. The Morgan fingerprint density at radius 1 is 0.897 bits per heavy atom. The van der Waals surface area contributed by atoms with Crippen LogP contribution in [-0.2, 0) is 17.1 Å². The minimum Gasteiger partial charge on any atom is -0.382 e. The molecule has 0 spiro atoms. The molecule has 2 aromatic rings. The topological polar surface area (TPSA) is 38.8 Å².